The van der Waals surface area contributed by atoms with Gasteiger partial charge in [0.2, 0.25) is 0 Å². The van der Waals surface area contributed by atoms with Gasteiger partial charge in [0.05, 0.1) is 5.56 Å². The number of nitrogens with one attached hydrogen (secondary N) is 1. The van der Waals surface area contributed by atoms with Crippen molar-refractivity contribution >= 4 is 11.7 Å². The van der Waals surface area contributed by atoms with Crippen molar-refractivity contribution in [3.63, 3.8) is 0 Å². The molecule has 1 rings (SSSR count). The quantitative estimate of drug-likeness (QED) is 0.712. The fraction of sp³-hybridized carbons (Fsp3) is 0.571. The van der Waals surface area contributed by atoms with Crippen LogP contribution in [0, 0.1) is 5.82 Å². The van der Waals surface area contributed by atoms with Crippen LogP contribution in [0.25, 0.3) is 0 Å². The summed E-state index contributed by atoms with van der Waals surface area (Å²) in [4.78, 5) is 15.3. The predicted octanol–water partition coefficient (Wildman–Crippen LogP) is 2.89. The summed E-state index contributed by atoms with van der Waals surface area (Å²) in [6, 6.07) is 1.34. The zero-order valence-corrected chi connectivity index (χ0v) is 11.4. The standard InChI is InChI=1S/C14H22FN3O/c1-2-3-4-5-6-7-9-18-14(19)11-8-10-17-13(16)12(11)15/h8,10H,2-7,9H2,1H3,(H2,16,17)(H,18,19). The lowest BCUT2D eigenvalue weighted by Gasteiger charge is -2.06. The van der Waals surface area contributed by atoms with Gasteiger partial charge in [-0.1, -0.05) is 39.0 Å². The highest BCUT2D eigenvalue weighted by atomic mass is 19.1. The fourth-order valence-electron chi connectivity index (χ4n) is 1.84. The normalized spacial score (nSPS) is 10.4. The van der Waals surface area contributed by atoms with E-state index in [4.69, 9.17) is 5.73 Å². The molecule has 4 nitrogen and oxygen atoms in total. The maximum Gasteiger partial charge on any atom is 0.254 e. The Morgan fingerprint density at radius 2 is 2.00 bits per heavy atom. The van der Waals surface area contributed by atoms with Crippen LogP contribution in [-0.2, 0) is 0 Å². The molecule has 0 spiro atoms. The number of amides is 1. The smallest absolute Gasteiger partial charge is 0.254 e. The zero-order chi connectivity index (χ0) is 14.1. The second-order valence-corrected chi connectivity index (χ2v) is 4.58. The van der Waals surface area contributed by atoms with Crippen molar-refractivity contribution < 1.29 is 9.18 Å². The highest BCUT2D eigenvalue weighted by molar-refractivity contribution is 5.95. The van der Waals surface area contributed by atoms with Gasteiger partial charge in [-0.05, 0) is 12.5 Å². The minimum Gasteiger partial charge on any atom is -0.381 e. The molecule has 19 heavy (non-hydrogen) atoms. The lowest BCUT2D eigenvalue weighted by molar-refractivity contribution is 0.0949. The van der Waals surface area contributed by atoms with E-state index in [2.05, 4.69) is 17.2 Å². The molecule has 0 aliphatic heterocycles. The Hall–Kier alpha value is -1.65. The highest BCUT2D eigenvalue weighted by Gasteiger charge is 2.13. The van der Waals surface area contributed by atoms with E-state index in [9.17, 15) is 9.18 Å². The number of nitrogens with zero attached hydrogens (tertiary/aromatic N) is 1. The molecule has 0 aliphatic rings. The van der Waals surface area contributed by atoms with Crippen molar-refractivity contribution in [3.05, 3.63) is 23.6 Å². The van der Waals surface area contributed by atoms with Crippen LogP contribution in [0.4, 0.5) is 10.2 Å². The van der Waals surface area contributed by atoms with Gasteiger partial charge in [0, 0.05) is 12.7 Å². The van der Waals surface area contributed by atoms with Gasteiger partial charge in [0.25, 0.3) is 5.91 Å². The Morgan fingerprint density at radius 1 is 1.32 bits per heavy atom. The van der Waals surface area contributed by atoms with Crippen LogP contribution >= 0.6 is 0 Å². The van der Waals surface area contributed by atoms with Gasteiger partial charge < -0.3 is 11.1 Å². The van der Waals surface area contributed by atoms with Gasteiger partial charge in [0.15, 0.2) is 11.6 Å². The van der Waals surface area contributed by atoms with E-state index in [0.717, 1.165) is 12.8 Å². The molecule has 0 atom stereocenters. The summed E-state index contributed by atoms with van der Waals surface area (Å²) in [5.41, 5.74) is 5.27. The number of rotatable bonds is 8. The molecule has 0 saturated heterocycles. The van der Waals surface area contributed by atoms with E-state index in [1.54, 1.807) is 0 Å². The topological polar surface area (TPSA) is 68.0 Å². The van der Waals surface area contributed by atoms with Crippen LogP contribution in [0.2, 0.25) is 0 Å². The molecule has 0 saturated carbocycles. The molecule has 0 aliphatic carbocycles. The van der Waals surface area contributed by atoms with Crippen LogP contribution in [0.5, 0.6) is 0 Å². The lowest BCUT2D eigenvalue weighted by atomic mass is 10.1. The number of nitrogens with two attached hydrogens (primary N) is 1. The molecule has 5 heteroatoms. The molecule has 0 unspecified atom stereocenters. The average molecular weight is 267 g/mol. The van der Waals surface area contributed by atoms with E-state index in [1.165, 1.54) is 37.9 Å². The van der Waals surface area contributed by atoms with Gasteiger partial charge in [-0.2, -0.15) is 0 Å². The molecule has 3 N–H and O–H groups in total. The summed E-state index contributed by atoms with van der Waals surface area (Å²) >= 11 is 0. The Kier molecular flexibility index (Phi) is 6.85. The van der Waals surface area contributed by atoms with E-state index >= 15 is 0 Å². The number of carbonyl (C=O) groups is 1. The van der Waals surface area contributed by atoms with Crippen LogP contribution in [0.15, 0.2) is 12.3 Å². The number of pyridine rings is 1. The molecular weight excluding hydrogens is 245 g/mol. The summed E-state index contributed by atoms with van der Waals surface area (Å²) < 4.78 is 13.5. The summed E-state index contributed by atoms with van der Waals surface area (Å²) in [7, 11) is 0. The number of anilines is 1. The molecule has 0 aromatic carbocycles. The van der Waals surface area contributed by atoms with E-state index < -0.39 is 11.7 Å². The first-order valence-corrected chi connectivity index (χ1v) is 6.85. The number of nitrogen functional groups attached to an aromatic ring is 1. The largest absolute Gasteiger partial charge is 0.381 e. The minimum absolute atomic E-state index is 0.0431. The summed E-state index contributed by atoms with van der Waals surface area (Å²) in [5, 5.41) is 2.70. The van der Waals surface area contributed by atoms with Crippen LogP contribution in [0.1, 0.15) is 55.8 Å². The SMILES string of the molecule is CCCCCCCCNC(=O)c1ccnc(N)c1F. The summed E-state index contributed by atoms with van der Waals surface area (Å²) in [6.45, 7) is 2.74. The predicted molar refractivity (Wildman–Crippen MR) is 74.3 cm³/mol. The van der Waals surface area contributed by atoms with Crippen LogP contribution < -0.4 is 11.1 Å². The van der Waals surface area contributed by atoms with E-state index in [1.807, 2.05) is 0 Å². The molecule has 1 aromatic rings. The average Bonchev–Trinajstić information content (AvgIpc) is 2.40. The Balaban J connectivity index is 2.26. The maximum atomic E-state index is 13.5. The maximum absolute atomic E-state index is 13.5. The van der Waals surface area contributed by atoms with Crippen molar-refractivity contribution in [3.8, 4) is 0 Å². The number of halogens is 1. The highest BCUT2D eigenvalue weighted by Crippen LogP contribution is 2.11. The van der Waals surface area contributed by atoms with Crippen LogP contribution in [-0.4, -0.2) is 17.4 Å². The molecule has 106 valence electrons. The molecule has 0 bridgehead atoms. The number of unbranched alkanes of at least 4 members (excludes halogenated alkanes) is 5. The van der Waals surface area contributed by atoms with E-state index in [0.29, 0.717) is 6.54 Å². The summed E-state index contributed by atoms with van der Waals surface area (Å²) in [5.74, 6) is -1.42. The third-order valence-corrected chi connectivity index (χ3v) is 2.98. The summed E-state index contributed by atoms with van der Waals surface area (Å²) in [6.07, 6.45) is 8.23. The second kappa shape index (κ2) is 8.45. The molecular formula is C14H22FN3O. The first-order chi connectivity index (χ1) is 9.16. The van der Waals surface area contributed by atoms with Gasteiger partial charge in [-0.15, -0.1) is 0 Å². The number of aromatic nitrogens is 1. The van der Waals surface area contributed by atoms with Gasteiger partial charge in [-0.3, -0.25) is 4.79 Å². The van der Waals surface area contributed by atoms with Gasteiger partial charge >= 0.3 is 0 Å². The third-order valence-electron chi connectivity index (χ3n) is 2.98. The number of carbonyl (C=O) groups excluding carboxylic acids is 1. The lowest BCUT2D eigenvalue weighted by Crippen LogP contribution is -2.25. The molecule has 1 amide bonds. The number of hydrogen-bond acceptors (Lipinski definition) is 3. The van der Waals surface area contributed by atoms with Crippen molar-refractivity contribution in [1.29, 1.82) is 0 Å². The van der Waals surface area contributed by atoms with E-state index in [-0.39, 0.29) is 11.4 Å². The zero-order valence-electron chi connectivity index (χ0n) is 11.4. The van der Waals surface area contributed by atoms with Gasteiger partial charge in [0.1, 0.15) is 0 Å². The Labute approximate surface area is 113 Å². The van der Waals surface area contributed by atoms with Crippen molar-refractivity contribution in [2.45, 2.75) is 45.4 Å². The minimum atomic E-state index is -0.747. The van der Waals surface area contributed by atoms with Gasteiger partial charge in [-0.25, -0.2) is 9.37 Å². The first-order valence-electron chi connectivity index (χ1n) is 6.85. The van der Waals surface area contributed by atoms with Crippen LogP contribution in [0.3, 0.4) is 0 Å². The molecule has 1 heterocycles. The van der Waals surface area contributed by atoms with Crippen molar-refractivity contribution in [2.24, 2.45) is 0 Å². The third kappa shape index (κ3) is 5.24. The second-order valence-electron chi connectivity index (χ2n) is 4.58. The Morgan fingerprint density at radius 3 is 2.74 bits per heavy atom. The van der Waals surface area contributed by atoms with Crippen molar-refractivity contribution in [1.82, 2.24) is 10.3 Å². The van der Waals surface area contributed by atoms with Crippen molar-refractivity contribution in [2.75, 3.05) is 12.3 Å². The molecule has 0 radical (unpaired) electrons. The number of hydrogen-bond donors (Lipinski definition) is 2. The molecule has 1 aromatic heterocycles. The Bertz CT molecular complexity index is 410. The fourth-order valence-corrected chi connectivity index (χ4v) is 1.84. The monoisotopic (exact) mass is 267 g/mol. The molecule has 0 fully saturated rings. The first kappa shape index (κ1) is 15.4.